The van der Waals surface area contributed by atoms with Crippen LogP contribution in [0.1, 0.15) is 28.2 Å². The first kappa shape index (κ1) is 29.1. The fourth-order valence-corrected chi connectivity index (χ4v) is 5.09. The molecule has 0 atom stereocenters. The summed E-state index contributed by atoms with van der Waals surface area (Å²) >= 11 is 17.3. The maximum Gasteiger partial charge on any atom is 0.262 e. The van der Waals surface area contributed by atoms with Gasteiger partial charge in [0.15, 0.2) is 21.0 Å². The number of aromatic hydroxyl groups is 2. The van der Waals surface area contributed by atoms with E-state index in [1.165, 1.54) is 56.6 Å². The van der Waals surface area contributed by atoms with Crippen molar-refractivity contribution in [2.24, 2.45) is 28.2 Å². The van der Waals surface area contributed by atoms with Crippen LogP contribution < -0.4 is 20.6 Å². The second kappa shape index (κ2) is 11.3. The Kier molecular flexibility index (Phi) is 8.24. The van der Waals surface area contributed by atoms with Crippen molar-refractivity contribution >= 4 is 36.0 Å². The van der Waals surface area contributed by atoms with E-state index in [2.05, 4.69) is 0 Å². The van der Waals surface area contributed by atoms with E-state index in [4.69, 9.17) is 45.5 Å². The van der Waals surface area contributed by atoms with Gasteiger partial charge in [-0.25, -0.2) is 0 Å². The minimum atomic E-state index is -1.31. The Balaban J connectivity index is 2.05. The lowest BCUT2D eigenvalue weighted by Gasteiger charge is -2.24. The van der Waals surface area contributed by atoms with Crippen LogP contribution in [-0.2, 0) is 34.8 Å². The average molecular weight is 603 g/mol. The molecular weight excluding hydrogens is 576 g/mol. The van der Waals surface area contributed by atoms with Gasteiger partial charge in [-0.3, -0.25) is 27.9 Å². The molecule has 0 radical (unpaired) electrons. The predicted molar refractivity (Wildman–Crippen MR) is 156 cm³/mol. The molecule has 0 amide bonds. The Morgan fingerprint density at radius 2 is 1.35 bits per heavy atom. The minimum Gasteiger partial charge on any atom is -0.494 e. The summed E-state index contributed by atoms with van der Waals surface area (Å²) in [6, 6.07) is 12.5. The number of halogens is 1. The molecule has 2 N–H and O–H groups in total. The van der Waals surface area contributed by atoms with Gasteiger partial charge in [-0.1, -0.05) is 41.9 Å². The normalized spacial score (nSPS) is 11.2. The second-order valence-electron chi connectivity index (χ2n) is 9.13. The molecular formula is C27H27ClN4O6S2. The van der Waals surface area contributed by atoms with Crippen LogP contribution in [0, 0.1) is 9.54 Å². The molecule has 4 rings (SSSR count). The molecule has 2 aromatic carbocycles. The molecule has 0 saturated carbocycles. The van der Waals surface area contributed by atoms with Crippen molar-refractivity contribution in [2.75, 3.05) is 7.11 Å². The largest absolute Gasteiger partial charge is 0.494 e. The number of aromatic nitrogens is 4. The summed E-state index contributed by atoms with van der Waals surface area (Å²) in [6.45, 7) is 0.203. The fraction of sp³-hybridized carbons (Fsp3) is 0.259. The molecule has 0 spiro atoms. The van der Waals surface area contributed by atoms with Crippen LogP contribution in [0.4, 0.5) is 0 Å². The summed E-state index contributed by atoms with van der Waals surface area (Å²) in [5.41, 5.74) is -0.591. The Labute approximate surface area is 244 Å². The summed E-state index contributed by atoms with van der Waals surface area (Å²) in [7, 11) is 7.28. The Bertz CT molecular complexity index is 1780. The summed E-state index contributed by atoms with van der Waals surface area (Å²) in [5.74, 6) is -1.82. The molecule has 40 heavy (non-hydrogen) atoms. The van der Waals surface area contributed by atoms with E-state index in [0.717, 1.165) is 14.7 Å². The molecule has 4 aromatic rings. The Hall–Kier alpha value is -3.87. The van der Waals surface area contributed by atoms with Crippen molar-refractivity contribution in [1.29, 1.82) is 0 Å². The average Bonchev–Trinajstić information content (AvgIpc) is 2.95. The van der Waals surface area contributed by atoms with E-state index in [9.17, 15) is 19.8 Å². The Morgan fingerprint density at radius 3 is 1.82 bits per heavy atom. The standard InChI is InChI=1S/C27H27ClN4O6S2/c1-29-22(33)19(23(34)30(2)26(29)39)18(20-24(35)31(3)27(40)32(4)25(20)36)15-11-16(28)21(17(12-15)37-5)38-13-14-9-7-6-8-10-14/h6-12,18,33,35H,13H2,1-5H3. The van der Waals surface area contributed by atoms with Gasteiger partial charge in [0.1, 0.15) is 6.61 Å². The SMILES string of the molecule is COc1cc(C(c2c(O)n(C)c(=S)n(C)c2=O)c2c(O)n(C)c(=S)n(C)c2=O)cc(Cl)c1OCc1ccccc1. The first-order valence-electron chi connectivity index (χ1n) is 11.9. The number of nitrogens with zero attached hydrogens (tertiary/aromatic N) is 4. The molecule has 210 valence electrons. The van der Waals surface area contributed by atoms with Crippen LogP contribution in [0.25, 0.3) is 0 Å². The highest BCUT2D eigenvalue weighted by molar-refractivity contribution is 7.71. The topological polar surface area (TPSA) is 113 Å². The van der Waals surface area contributed by atoms with Crippen LogP contribution in [0.2, 0.25) is 5.02 Å². The molecule has 0 saturated heterocycles. The van der Waals surface area contributed by atoms with Crippen molar-refractivity contribution in [3.63, 3.8) is 0 Å². The highest BCUT2D eigenvalue weighted by Gasteiger charge is 2.33. The van der Waals surface area contributed by atoms with Gasteiger partial charge in [-0.05, 0) is 47.7 Å². The molecule has 2 heterocycles. The number of rotatable bonds is 7. The second-order valence-corrected chi connectivity index (χ2v) is 10.3. The molecule has 0 aliphatic heterocycles. The zero-order valence-corrected chi connectivity index (χ0v) is 24.7. The lowest BCUT2D eigenvalue weighted by Crippen LogP contribution is -2.33. The molecule has 0 aliphatic rings. The summed E-state index contributed by atoms with van der Waals surface area (Å²) in [6.07, 6.45) is 0. The zero-order valence-electron chi connectivity index (χ0n) is 22.3. The molecule has 0 bridgehead atoms. The molecule has 0 fully saturated rings. The van der Waals surface area contributed by atoms with Crippen LogP contribution in [0.15, 0.2) is 52.1 Å². The third-order valence-electron chi connectivity index (χ3n) is 6.72. The maximum atomic E-state index is 13.6. The molecule has 10 nitrogen and oxygen atoms in total. The van der Waals surface area contributed by atoms with Gasteiger partial charge in [-0.15, -0.1) is 0 Å². The first-order chi connectivity index (χ1) is 18.9. The van der Waals surface area contributed by atoms with Crippen molar-refractivity contribution in [3.8, 4) is 23.3 Å². The summed E-state index contributed by atoms with van der Waals surface area (Å²) < 4.78 is 16.5. The van der Waals surface area contributed by atoms with Crippen LogP contribution in [0.3, 0.4) is 0 Å². The van der Waals surface area contributed by atoms with Gasteiger partial charge in [0.05, 0.1) is 29.2 Å². The zero-order chi connectivity index (χ0) is 29.5. The van der Waals surface area contributed by atoms with Crippen molar-refractivity contribution in [3.05, 3.63) is 100.0 Å². The van der Waals surface area contributed by atoms with Gasteiger partial charge >= 0.3 is 0 Å². The number of ether oxygens (including phenoxy) is 2. The first-order valence-corrected chi connectivity index (χ1v) is 13.1. The van der Waals surface area contributed by atoms with Crippen molar-refractivity contribution in [1.82, 2.24) is 18.3 Å². The number of benzene rings is 2. The number of methoxy groups -OCH3 is 1. The highest BCUT2D eigenvalue weighted by Crippen LogP contribution is 2.43. The minimum absolute atomic E-state index is 0.0499. The van der Waals surface area contributed by atoms with E-state index >= 15 is 0 Å². The summed E-state index contributed by atoms with van der Waals surface area (Å²) in [5, 5.41) is 22.5. The van der Waals surface area contributed by atoms with E-state index in [0.29, 0.717) is 0 Å². The number of hydrogen-bond acceptors (Lipinski definition) is 8. The van der Waals surface area contributed by atoms with E-state index in [-0.39, 0.29) is 49.4 Å². The predicted octanol–water partition coefficient (Wildman–Crippen LogP) is 4.05. The lowest BCUT2D eigenvalue weighted by molar-refractivity contribution is 0.284. The smallest absolute Gasteiger partial charge is 0.262 e. The lowest BCUT2D eigenvalue weighted by atomic mass is 9.86. The third kappa shape index (κ3) is 4.93. The van der Waals surface area contributed by atoms with Gasteiger partial charge in [-0.2, -0.15) is 0 Å². The summed E-state index contributed by atoms with van der Waals surface area (Å²) in [4.78, 5) is 27.2. The quantitative estimate of drug-likeness (QED) is 0.305. The van der Waals surface area contributed by atoms with Gasteiger partial charge in [0, 0.05) is 28.2 Å². The maximum absolute atomic E-state index is 13.6. The van der Waals surface area contributed by atoms with Gasteiger partial charge in [0.2, 0.25) is 11.8 Å². The molecule has 0 aliphatic carbocycles. The molecule has 0 unspecified atom stereocenters. The van der Waals surface area contributed by atoms with E-state index in [1.807, 2.05) is 30.3 Å². The Morgan fingerprint density at radius 1 is 0.850 bits per heavy atom. The third-order valence-corrected chi connectivity index (χ3v) is 8.10. The van der Waals surface area contributed by atoms with Crippen LogP contribution in [0.5, 0.6) is 23.3 Å². The van der Waals surface area contributed by atoms with Gasteiger partial charge in [0.25, 0.3) is 11.1 Å². The van der Waals surface area contributed by atoms with E-state index in [1.54, 1.807) is 0 Å². The monoisotopic (exact) mass is 602 g/mol. The highest BCUT2D eigenvalue weighted by atomic mass is 35.5. The molecule has 13 heteroatoms. The fourth-order valence-electron chi connectivity index (χ4n) is 4.48. The van der Waals surface area contributed by atoms with Crippen molar-refractivity contribution in [2.45, 2.75) is 12.5 Å². The van der Waals surface area contributed by atoms with E-state index < -0.39 is 28.8 Å². The molecule has 2 aromatic heterocycles. The van der Waals surface area contributed by atoms with Crippen LogP contribution in [-0.4, -0.2) is 35.6 Å². The van der Waals surface area contributed by atoms with Crippen LogP contribution >= 0.6 is 36.0 Å². The number of hydrogen-bond donors (Lipinski definition) is 2. The van der Waals surface area contributed by atoms with Crippen molar-refractivity contribution < 1.29 is 19.7 Å². The van der Waals surface area contributed by atoms with Gasteiger partial charge < -0.3 is 19.7 Å².